The van der Waals surface area contributed by atoms with Gasteiger partial charge in [-0.2, -0.15) is 0 Å². The molecule has 1 aliphatic rings. The van der Waals surface area contributed by atoms with Gasteiger partial charge in [-0.3, -0.25) is 0 Å². The lowest BCUT2D eigenvalue weighted by molar-refractivity contribution is -0.00747. The van der Waals surface area contributed by atoms with Gasteiger partial charge in [-0.1, -0.05) is 12.8 Å². The van der Waals surface area contributed by atoms with E-state index in [4.69, 9.17) is 4.74 Å². The van der Waals surface area contributed by atoms with Gasteiger partial charge >= 0.3 is 0 Å². The van der Waals surface area contributed by atoms with E-state index in [1.807, 2.05) is 18.7 Å². The zero-order chi connectivity index (χ0) is 11.4. The molecule has 5 heteroatoms. The summed E-state index contributed by atoms with van der Waals surface area (Å²) in [7, 11) is 3.95. The minimum Gasteiger partial charge on any atom is -0.369 e. The summed E-state index contributed by atoms with van der Waals surface area (Å²) >= 11 is 0. The second-order valence-corrected chi connectivity index (χ2v) is 4.39. The molecule has 0 amide bonds. The van der Waals surface area contributed by atoms with Crippen LogP contribution < -0.4 is 5.32 Å². The average molecular weight is 224 g/mol. The summed E-state index contributed by atoms with van der Waals surface area (Å²) in [6.45, 7) is 0.555. The van der Waals surface area contributed by atoms with Gasteiger partial charge in [-0.25, -0.2) is 0 Å². The molecule has 2 atom stereocenters. The quantitative estimate of drug-likeness (QED) is 0.824. The molecule has 0 bridgehead atoms. The minimum atomic E-state index is 0.315. The maximum atomic E-state index is 5.93. The van der Waals surface area contributed by atoms with Gasteiger partial charge in [0.15, 0.2) is 5.82 Å². The summed E-state index contributed by atoms with van der Waals surface area (Å²) in [6.07, 6.45) is 6.94. The molecular weight excluding hydrogens is 204 g/mol. The van der Waals surface area contributed by atoms with Crippen molar-refractivity contribution in [2.24, 2.45) is 7.05 Å². The van der Waals surface area contributed by atoms with Crippen LogP contribution in [0.15, 0.2) is 6.33 Å². The van der Waals surface area contributed by atoms with Crippen molar-refractivity contribution in [1.29, 1.82) is 0 Å². The number of hydrogen-bond acceptors (Lipinski definition) is 4. The highest BCUT2D eigenvalue weighted by atomic mass is 16.5. The van der Waals surface area contributed by atoms with Crippen LogP contribution in [-0.2, 0) is 18.4 Å². The first-order chi connectivity index (χ1) is 7.81. The fourth-order valence-electron chi connectivity index (χ4n) is 2.25. The van der Waals surface area contributed by atoms with Crippen molar-refractivity contribution in [2.75, 3.05) is 7.05 Å². The molecule has 1 saturated carbocycles. The van der Waals surface area contributed by atoms with Gasteiger partial charge in [0.2, 0.25) is 0 Å². The molecule has 0 saturated heterocycles. The third kappa shape index (κ3) is 2.59. The van der Waals surface area contributed by atoms with Crippen LogP contribution in [0.25, 0.3) is 0 Å². The van der Waals surface area contributed by atoms with Crippen LogP contribution in [0.1, 0.15) is 31.5 Å². The van der Waals surface area contributed by atoms with Crippen molar-refractivity contribution in [2.45, 2.75) is 44.4 Å². The van der Waals surface area contributed by atoms with Crippen LogP contribution in [0.3, 0.4) is 0 Å². The minimum absolute atomic E-state index is 0.315. The van der Waals surface area contributed by atoms with E-state index in [9.17, 15) is 0 Å². The van der Waals surface area contributed by atoms with E-state index < -0.39 is 0 Å². The van der Waals surface area contributed by atoms with Crippen LogP contribution >= 0.6 is 0 Å². The van der Waals surface area contributed by atoms with Gasteiger partial charge in [-0.15, -0.1) is 10.2 Å². The summed E-state index contributed by atoms with van der Waals surface area (Å²) in [4.78, 5) is 0. The van der Waals surface area contributed by atoms with Crippen molar-refractivity contribution >= 4 is 0 Å². The Morgan fingerprint density at radius 2 is 2.31 bits per heavy atom. The summed E-state index contributed by atoms with van der Waals surface area (Å²) < 4.78 is 7.83. The van der Waals surface area contributed by atoms with Crippen molar-refractivity contribution in [1.82, 2.24) is 20.1 Å². The lowest BCUT2D eigenvalue weighted by Gasteiger charge is -2.31. The Hall–Kier alpha value is -0.940. The monoisotopic (exact) mass is 224 g/mol. The molecule has 5 nitrogen and oxygen atoms in total. The SMILES string of the molecule is CNC1CCCCC1OCc1nncn1C. The molecule has 1 heterocycles. The molecule has 0 aliphatic heterocycles. The van der Waals surface area contributed by atoms with Crippen molar-refractivity contribution < 1.29 is 4.74 Å². The molecule has 0 radical (unpaired) electrons. The second-order valence-electron chi connectivity index (χ2n) is 4.39. The van der Waals surface area contributed by atoms with E-state index in [0.29, 0.717) is 18.8 Å². The van der Waals surface area contributed by atoms with Crippen LogP contribution in [0.4, 0.5) is 0 Å². The lowest BCUT2D eigenvalue weighted by atomic mass is 9.92. The van der Waals surface area contributed by atoms with Crippen LogP contribution in [0.5, 0.6) is 0 Å². The average Bonchev–Trinajstić information content (AvgIpc) is 2.72. The Labute approximate surface area is 96.2 Å². The van der Waals surface area contributed by atoms with E-state index in [1.54, 1.807) is 6.33 Å². The zero-order valence-corrected chi connectivity index (χ0v) is 10.0. The Kier molecular flexibility index (Phi) is 3.90. The summed E-state index contributed by atoms with van der Waals surface area (Å²) in [5, 5.41) is 11.2. The number of rotatable bonds is 4. The van der Waals surface area contributed by atoms with Crippen LogP contribution in [-0.4, -0.2) is 34.0 Å². The number of nitrogens with zero attached hydrogens (tertiary/aromatic N) is 3. The highest BCUT2D eigenvalue weighted by molar-refractivity contribution is 4.84. The summed E-state index contributed by atoms with van der Waals surface area (Å²) in [5.41, 5.74) is 0. The predicted octanol–water partition coefficient (Wildman–Crippen LogP) is 0.862. The standard InChI is InChI=1S/C11H20N4O/c1-12-9-5-3-4-6-10(9)16-7-11-14-13-8-15(11)2/h8-10,12H,3-7H2,1-2H3. The Morgan fingerprint density at radius 3 is 3.00 bits per heavy atom. The third-order valence-electron chi connectivity index (χ3n) is 3.31. The van der Waals surface area contributed by atoms with E-state index in [-0.39, 0.29) is 0 Å². The van der Waals surface area contributed by atoms with Crippen molar-refractivity contribution in [3.8, 4) is 0 Å². The van der Waals surface area contributed by atoms with Gasteiger partial charge in [0.25, 0.3) is 0 Å². The van der Waals surface area contributed by atoms with Gasteiger partial charge in [0.05, 0.1) is 6.10 Å². The first-order valence-corrected chi connectivity index (χ1v) is 5.93. The van der Waals surface area contributed by atoms with E-state index in [2.05, 4.69) is 15.5 Å². The third-order valence-corrected chi connectivity index (χ3v) is 3.31. The van der Waals surface area contributed by atoms with E-state index >= 15 is 0 Å². The first kappa shape index (κ1) is 11.5. The van der Waals surface area contributed by atoms with Gasteiger partial charge in [0, 0.05) is 13.1 Å². The zero-order valence-electron chi connectivity index (χ0n) is 10.0. The number of aromatic nitrogens is 3. The van der Waals surface area contributed by atoms with E-state index in [1.165, 1.54) is 19.3 Å². The van der Waals surface area contributed by atoms with Gasteiger partial charge in [0.1, 0.15) is 12.9 Å². The number of likely N-dealkylation sites (N-methyl/N-ethyl adjacent to an activating group) is 1. The van der Waals surface area contributed by atoms with Crippen molar-refractivity contribution in [3.05, 3.63) is 12.2 Å². The molecule has 1 aromatic heterocycles. The lowest BCUT2D eigenvalue weighted by Crippen LogP contribution is -2.41. The van der Waals surface area contributed by atoms with Gasteiger partial charge < -0.3 is 14.6 Å². The summed E-state index contributed by atoms with van der Waals surface area (Å²) in [5.74, 6) is 0.889. The largest absolute Gasteiger partial charge is 0.369 e. The Balaban J connectivity index is 1.86. The molecule has 1 aromatic rings. The van der Waals surface area contributed by atoms with Gasteiger partial charge in [-0.05, 0) is 19.9 Å². The number of hydrogen-bond donors (Lipinski definition) is 1. The molecule has 1 N–H and O–H groups in total. The fourth-order valence-corrected chi connectivity index (χ4v) is 2.25. The molecule has 1 aliphatic carbocycles. The molecule has 1 fully saturated rings. The summed E-state index contributed by atoms with van der Waals surface area (Å²) in [6, 6.07) is 0.488. The molecule has 90 valence electrons. The second kappa shape index (κ2) is 5.41. The van der Waals surface area contributed by atoms with Crippen LogP contribution in [0.2, 0.25) is 0 Å². The van der Waals surface area contributed by atoms with E-state index in [0.717, 1.165) is 12.2 Å². The number of nitrogens with one attached hydrogen (secondary N) is 1. The van der Waals surface area contributed by atoms with Crippen molar-refractivity contribution in [3.63, 3.8) is 0 Å². The molecular formula is C11H20N4O. The topological polar surface area (TPSA) is 52.0 Å². The fraction of sp³-hybridized carbons (Fsp3) is 0.818. The molecule has 0 spiro atoms. The highest BCUT2D eigenvalue weighted by Crippen LogP contribution is 2.21. The number of aryl methyl sites for hydroxylation is 1. The van der Waals surface area contributed by atoms with Crippen LogP contribution in [0, 0.1) is 0 Å². The molecule has 2 rings (SSSR count). The predicted molar refractivity (Wildman–Crippen MR) is 60.9 cm³/mol. The first-order valence-electron chi connectivity index (χ1n) is 5.93. The Bertz CT molecular complexity index is 326. The highest BCUT2D eigenvalue weighted by Gasteiger charge is 2.24. The molecule has 0 aromatic carbocycles. The maximum Gasteiger partial charge on any atom is 0.158 e. The maximum absolute atomic E-state index is 5.93. The Morgan fingerprint density at radius 1 is 1.50 bits per heavy atom. The normalized spacial score (nSPS) is 25.9. The molecule has 2 unspecified atom stereocenters. The smallest absolute Gasteiger partial charge is 0.158 e. The number of ether oxygens (including phenoxy) is 1. The molecule has 16 heavy (non-hydrogen) atoms.